The smallest absolute Gasteiger partial charge is 0.119 e. The van der Waals surface area contributed by atoms with Gasteiger partial charge in [0, 0.05) is 6.54 Å². The van der Waals surface area contributed by atoms with E-state index in [1.807, 2.05) is 38.4 Å². The first-order chi connectivity index (χ1) is 6.72. The first-order valence-electron chi connectivity index (χ1n) is 4.69. The Hall–Kier alpha value is -0.770. The van der Waals surface area contributed by atoms with Crippen molar-refractivity contribution in [1.82, 2.24) is 4.90 Å². The molecule has 1 N–H and O–H groups in total. The highest BCUT2D eigenvalue weighted by molar-refractivity contribution is 5.85. The number of nitrogens with zero attached hydrogens (tertiary/aromatic N) is 1. The monoisotopic (exact) mass is 231 g/mol. The van der Waals surface area contributed by atoms with Crippen molar-refractivity contribution in [3.63, 3.8) is 0 Å². The lowest BCUT2D eigenvalue weighted by molar-refractivity contribution is 0.260. The summed E-state index contributed by atoms with van der Waals surface area (Å²) >= 11 is 0. The summed E-state index contributed by atoms with van der Waals surface area (Å²) in [6, 6.07) is 7.48. The van der Waals surface area contributed by atoms with Gasteiger partial charge in [-0.1, -0.05) is 12.1 Å². The third-order valence-corrected chi connectivity index (χ3v) is 1.91. The zero-order valence-corrected chi connectivity index (χ0v) is 9.96. The van der Waals surface area contributed by atoms with Crippen molar-refractivity contribution in [2.75, 3.05) is 27.2 Å². The minimum Gasteiger partial charge on any atom is -0.492 e. The molecule has 0 aliphatic rings. The van der Waals surface area contributed by atoms with Gasteiger partial charge in [-0.25, -0.2) is 0 Å². The Balaban J connectivity index is 0.00000196. The molecule has 1 rings (SSSR count). The molecule has 0 heterocycles. The van der Waals surface area contributed by atoms with Crippen LogP contribution in [0.15, 0.2) is 24.3 Å². The first kappa shape index (κ1) is 14.2. The number of aliphatic hydroxyl groups is 1. The van der Waals surface area contributed by atoms with Crippen molar-refractivity contribution in [2.24, 2.45) is 0 Å². The molecule has 0 atom stereocenters. The van der Waals surface area contributed by atoms with E-state index in [9.17, 15) is 0 Å². The molecular weight excluding hydrogens is 214 g/mol. The van der Waals surface area contributed by atoms with Gasteiger partial charge in [0.15, 0.2) is 0 Å². The number of aliphatic hydroxyl groups excluding tert-OH is 1. The van der Waals surface area contributed by atoms with E-state index < -0.39 is 0 Å². The zero-order chi connectivity index (χ0) is 10.4. The largest absolute Gasteiger partial charge is 0.492 e. The van der Waals surface area contributed by atoms with E-state index >= 15 is 0 Å². The van der Waals surface area contributed by atoms with Gasteiger partial charge in [0.05, 0.1) is 6.61 Å². The highest BCUT2D eigenvalue weighted by Crippen LogP contribution is 2.11. The summed E-state index contributed by atoms with van der Waals surface area (Å²) in [6.45, 7) is 1.67. The Morgan fingerprint density at radius 2 is 1.80 bits per heavy atom. The van der Waals surface area contributed by atoms with Gasteiger partial charge in [-0.3, -0.25) is 0 Å². The van der Waals surface area contributed by atoms with E-state index in [1.165, 1.54) is 0 Å². The van der Waals surface area contributed by atoms with Crippen molar-refractivity contribution in [3.8, 4) is 5.75 Å². The molecule has 0 aromatic heterocycles. The lowest BCUT2D eigenvalue weighted by atomic mass is 10.2. The van der Waals surface area contributed by atoms with Crippen LogP contribution in [0, 0.1) is 0 Å². The number of likely N-dealkylation sites (N-methyl/N-ethyl adjacent to an activating group) is 1. The van der Waals surface area contributed by atoms with Crippen LogP contribution in [-0.4, -0.2) is 37.3 Å². The molecule has 4 heteroatoms. The summed E-state index contributed by atoms with van der Waals surface area (Å²) in [5.41, 5.74) is 0.907. The number of hydrogen-bond donors (Lipinski definition) is 1. The third kappa shape index (κ3) is 5.62. The van der Waals surface area contributed by atoms with Crippen molar-refractivity contribution in [1.29, 1.82) is 0 Å². The highest BCUT2D eigenvalue weighted by Gasteiger charge is 1.95. The van der Waals surface area contributed by atoms with Crippen molar-refractivity contribution < 1.29 is 9.84 Å². The Labute approximate surface area is 97.1 Å². The number of ether oxygens (including phenoxy) is 1. The number of rotatable bonds is 5. The normalized spacial score (nSPS) is 9.87. The molecule has 0 saturated heterocycles. The third-order valence-electron chi connectivity index (χ3n) is 1.91. The van der Waals surface area contributed by atoms with Gasteiger partial charge in [0.1, 0.15) is 12.4 Å². The molecule has 0 bridgehead atoms. The summed E-state index contributed by atoms with van der Waals surface area (Å²) in [6.07, 6.45) is 0. The standard InChI is InChI=1S/C11H17NO2.ClH/c1-12(2)7-8-14-11-5-3-10(9-13)4-6-11;/h3-6,13H,7-9H2,1-2H3;1H. The van der Waals surface area contributed by atoms with Crippen LogP contribution >= 0.6 is 12.4 Å². The maximum atomic E-state index is 8.83. The highest BCUT2D eigenvalue weighted by atomic mass is 35.5. The fraction of sp³-hybridized carbons (Fsp3) is 0.455. The first-order valence-corrected chi connectivity index (χ1v) is 4.69. The molecule has 0 fully saturated rings. The van der Waals surface area contributed by atoms with Gasteiger partial charge in [-0.2, -0.15) is 0 Å². The topological polar surface area (TPSA) is 32.7 Å². The van der Waals surface area contributed by atoms with Crippen molar-refractivity contribution in [3.05, 3.63) is 29.8 Å². The quantitative estimate of drug-likeness (QED) is 0.835. The van der Waals surface area contributed by atoms with Crippen LogP contribution in [0.5, 0.6) is 5.75 Å². The molecule has 0 spiro atoms. The van der Waals surface area contributed by atoms with Crippen LogP contribution in [-0.2, 0) is 6.61 Å². The molecule has 0 saturated carbocycles. The molecule has 0 aliphatic carbocycles. The molecule has 86 valence electrons. The average Bonchev–Trinajstić information content (AvgIpc) is 2.18. The van der Waals surface area contributed by atoms with Crippen molar-refractivity contribution in [2.45, 2.75) is 6.61 Å². The molecule has 0 unspecified atom stereocenters. The lowest BCUT2D eigenvalue weighted by Gasteiger charge is -2.10. The fourth-order valence-electron chi connectivity index (χ4n) is 1.04. The van der Waals surface area contributed by atoms with E-state index in [0.29, 0.717) is 6.61 Å². The van der Waals surface area contributed by atoms with Crippen LogP contribution in [0.25, 0.3) is 0 Å². The van der Waals surface area contributed by atoms with Crippen LogP contribution in [0.3, 0.4) is 0 Å². The van der Waals surface area contributed by atoms with E-state index in [-0.39, 0.29) is 19.0 Å². The van der Waals surface area contributed by atoms with Crippen LogP contribution in [0.2, 0.25) is 0 Å². The summed E-state index contributed by atoms with van der Waals surface area (Å²) in [5, 5.41) is 8.83. The molecule has 15 heavy (non-hydrogen) atoms. The Bertz CT molecular complexity index is 262. The summed E-state index contributed by atoms with van der Waals surface area (Å²) in [5.74, 6) is 0.851. The number of halogens is 1. The minimum atomic E-state index is 0. The summed E-state index contributed by atoms with van der Waals surface area (Å²) in [4.78, 5) is 2.07. The molecule has 1 aromatic rings. The Kier molecular flexibility index (Phi) is 7.13. The van der Waals surface area contributed by atoms with Crippen LogP contribution in [0.1, 0.15) is 5.56 Å². The van der Waals surface area contributed by atoms with Gasteiger partial charge in [0.2, 0.25) is 0 Å². The second-order valence-electron chi connectivity index (χ2n) is 3.45. The van der Waals surface area contributed by atoms with Gasteiger partial charge in [-0.15, -0.1) is 12.4 Å². The van der Waals surface area contributed by atoms with Crippen LogP contribution < -0.4 is 4.74 Å². The van der Waals surface area contributed by atoms with E-state index in [4.69, 9.17) is 9.84 Å². The molecule has 3 nitrogen and oxygen atoms in total. The van der Waals surface area contributed by atoms with E-state index in [0.717, 1.165) is 17.9 Å². The van der Waals surface area contributed by atoms with E-state index in [1.54, 1.807) is 0 Å². The number of benzene rings is 1. The predicted octanol–water partition coefficient (Wildman–Crippen LogP) is 1.54. The fourth-order valence-corrected chi connectivity index (χ4v) is 1.04. The SMILES string of the molecule is CN(C)CCOc1ccc(CO)cc1.Cl. The Morgan fingerprint density at radius 1 is 1.20 bits per heavy atom. The van der Waals surface area contributed by atoms with Gasteiger partial charge < -0.3 is 14.7 Å². The number of hydrogen-bond acceptors (Lipinski definition) is 3. The second kappa shape index (κ2) is 7.51. The Morgan fingerprint density at radius 3 is 2.27 bits per heavy atom. The van der Waals surface area contributed by atoms with Gasteiger partial charge >= 0.3 is 0 Å². The molecule has 0 aliphatic heterocycles. The lowest BCUT2D eigenvalue weighted by Crippen LogP contribution is -2.19. The molecule has 0 amide bonds. The zero-order valence-electron chi connectivity index (χ0n) is 9.14. The van der Waals surface area contributed by atoms with Crippen LogP contribution in [0.4, 0.5) is 0 Å². The van der Waals surface area contributed by atoms with Gasteiger partial charge in [0.25, 0.3) is 0 Å². The predicted molar refractivity (Wildman–Crippen MR) is 63.7 cm³/mol. The second-order valence-corrected chi connectivity index (χ2v) is 3.45. The van der Waals surface area contributed by atoms with Crippen molar-refractivity contribution >= 4 is 12.4 Å². The maximum absolute atomic E-state index is 8.83. The molecular formula is C11H18ClNO2. The summed E-state index contributed by atoms with van der Waals surface area (Å²) in [7, 11) is 4.02. The minimum absolute atomic E-state index is 0. The summed E-state index contributed by atoms with van der Waals surface area (Å²) < 4.78 is 5.49. The molecule has 0 radical (unpaired) electrons. The average molecular weight is 232 g/mol. The van der Waals surface area contributed by atoms with E-state index in [2.05, 4.69) is 4.90 Å². The molecule has 1 aromatic carbocycles. The maximum Gasteiger partial charge on any atom is 0.119 e. The van der Waals surface area contributed by atoms with Gasteiger partial charge in [-0.05, 0) is 31.8 Å².